The number of rotatable bonds is 6. The summed E-state index contributed by atoms with van der Waals surface area (Å²) in [6.07, 6.45) is -2.97. The van der Waals surface area contributed by atoms with Gasteiger partial charge in [-0.1, -0.05) is 12.1 Å². The second kappa shape index (κ2) is 7.94. The van der Waals surface area contributed by atoms with E-state index in [2.05, 4.69) is 0 Å². The van der Waals surface area contributed by atoms with Crippen molar-refractivity contribution in [1.82, 2.24) is 4.90 Å². The van der Waals surface area contributed by atoms with Gasteiger partial charge in [-0.05, 0) is 62.1 Å². The Morgan fingerprint density at radius 1 is 1.07 bits per heavy atom. The zero-order valence-electron chi connectivity index (χ0n) is 16.8. The van der Waals surface area contributed by atoms with Gasteiger partial charge < -0.3 is 4.90 Å². The zero-order valence-corrected chi connectivity index (χ0v) is 17.7. The van der Waals surface area contributed by atoms with Crippen LogP contribution in [0.25, 0.3) is 0 Å². The molecule has 0 aromatic heterocycles. The lowest BCUT2D eigenvalue weighted by Crippen LogP contribution is -2.40. The SMILES string of the molecule is CC(C1CC1)N(c1cccc(C(F)(F)F)c1)S(=O)(=O)c1cccc(C(=O)N(C)C)c1. The van der Waals surface area contributed by atoms with Crippen LogP contribution >= 0.6 is 0 Å². The molecule has 2 aromatic carbocycles. The van der Waals surface area contributed by atoms with Crippen LogP contribution in [0, 0.1) is 5.92 Å². The predicted molar refractivity (Wildman–Crippen MR) is 108 cm³/mol. The van der Waals surface area contributed by atoms with Crippen LogP contribution in [0.15, 0.2) is 53.4 Å². The van der Waals surface area contributed by atoms with E-state index in [-0.39, 0.29) is 28.0 Å². The summed E-state index contributed by atoms with van der Waals surface area (Å²) in [7, 11) is -1.11. The highest BCUT2D eigenvalue weighted by Crippen LogP contribution is 2.41. The van der Waals surface area contributed by atoms with Crippen LogP contribution < -0.4 is 4.31 Å². The fraction of sp³-hybridized carbons (Fsp3) is 0.381. The van der Waals surface area contributed by atoms with Crippen molar-refractivity contribution in [2.24, 2.45) is 5.92 Å². The minimum Gasteiger partial charge on any atom is -0.345 e. The summed E-state index contributed by atoms with van der Waals surface area (Å²) in [5.74, 6) is -0.297. The number of hydrogen-bond donors (Lipinski definition) is 0. The highest BCUT2D eigenvalue weighted by Gasteiger charge is 2.40. The molecule has 30 heavy (non-hydrogen) atoms. The Morgan fingerprint density at radius 2 is 1.70 bits per heavy atom. The number of anilines is 1. The van der Waals surface area contributed by atoms with Crippen LogP contribution in [0.1, 0.15) is 35.7 Å². The molecule has 1 atom stereocenters. The standard InChI is InChI=1S/C21H23F3N2O3S/c1-14(15-10-11-15)26(18-8-5-7-17(13-18)21(22,23)24)30(28,29)19-9-4-6-16(12-19)20(27)25(2)3/h4-9,12-15H,10-11H2,1-3H3. The van der Waals surface area contributed by atoms with E-state index >= 15 is 0 Å². The molecule has 1 unspecified atom stereocenters. The molecular weight excluding hydrogens is 417 g/mol. The molecule has 2 aromatic rings. The molecule has 1 saturated carbocycles. The summed E-state index contributed by atoms with van der Waals surface area (Å²) in [4.78, 5) is 13.4. The first-order valence-corrected chi connectivity index (χ1v) is 10.9. The molecule has 0 radical (unpaired) electrons. The van der Waals surface area contributed by atoms with Crippen molar-refractivity contribution in [1.29, 1.82) is 0 Å². The summed E-state index contributed by atoms with van der Waals surface area (Å²) in [5, 5.41) is 0. The van der Waals surface area contributed by atoms with Gasteiger partial charge in [-0.15, -0.1) is 0 Å². The fourth-order valence-electron chi connectivity index (χ4n) is 3.34. The lowest BCUT2D eigenvalue weighted by Gasteiger charge is -2.31. The maximum Gasteiger partial charge on any atom is 0.416 e. The molecule has 0 spiro atoms. The fourth-order valence-corrected chi connectivity index (χ4v) is 5.10. The summed E-state index contributed by atoms with van der Waals surface area (Å²) < 4.78 is 67.8. The molecule has 0 saturated heterocycles. The lowest BCUT2D eigenvalue weighted by molar-refractivity contribution is -0.137. The van der Waals surface area contributed by atoms with Crippen molar-refractivity contribution in [2.45, 2.75) is 36.9 Å². The van der Waals surface area contributed by atoms with Crippen LogP contribution in [-0.4, -0.2) is 39.4 Å². The maximum atomic E-state index is 13.5. The van der Waals surface area contributed by atoms with Gasteiger partial charge >= 0.3 is 6.18 Å². The molecule has 1 amide bonds. The Morgan fingerprint density at radius 3 is 2.27 bits per heavy atom. The second-order valence-electron chi connectivity index (χ2n) is 7.65. The highest BCUT2D eigenvalue weighted by molar-refractivity contribution is 7.92. The Labute approximate surface area is 174 Å². The number of hydrogen-bond acceptors (Lipinski definition) is 3. The number of sulfonamides is 1. The van der Waals surface area contributed by atoms with E-state index < -0.39 is 27.8 Å². The quantitative estimate of drug-likeness (QED) is 0.669. The lowest BCUT2D eigenvalue weighted by atomic mass is 10.1. The third-order valence-corrected chi connectivity index (χ3v) is 7.06. The van der Waals surface area contributed by atoms with E-state index in [0.717, 1.165) is 29.3 Å². The van der Waals surface area contributed by atoms with E-state index in [4.69, 9.17) is 0 Å². The summed E-state index contributed by atoms with van der Waals surface area (Å²) in [6, 6.07) is 9.37. The number of carbonyl (C=O) groups is 1. The molecule has 3 rings (SSSR count). The average molecular weight is 440 g/mol. The van der Waals surface area contributed by atoms with Crippen molar-refractivity contribution in [3.63, 3.8) is 0 Å². The number of alkyl halides is 3. The van der Waals surface area contributed by atoms with Crippen molar-refractivity contribution < 1.29 is 26.4 Å². The van der Waals surface area contributed by atoms with E-state index in [1.54, 1.807) is 21.0 Å². The topological polar surface area (TPSA) is 57.7 Å². The van der Waals surface area contributed by atoms with Gasteiger partial charge in [0.1, 0.15) is 0 Å². The van der Waals surface area contributed by atoms with Gasteiger partial charge in [0.05, 0.1) is 16.1 Å². The van der Waals surface area contributed by atoms with Crippen LogP contribution in [0.2, 0.25) is 0 Å². The number of nitrogens with zero attached hydrogens (tertiary/aromatic N) is 2. The summed E-state index contributed by atoms with van der Waals surface area (Å²) >= 11 is 0. The minimum atomic E-state index is -4.59. The molecule has 0 aliphatic heterocycles. The molecule has 1 fully saturated rings. The molecule has 162 valence electrons. The third kappa shape index (κ3) is 4.45. The number of amides is 1. The first kappa shape index (κ1) is 22.1. The van der Waals surface area contributed by atoms with Gasteiger partial charge in [-0.25, -0.2) is 8.42 Å². The smallest absolute Gasteiger partial charge is 0.345 e. The van der Waals surface area contributed by atoms with Crippen molar-refractivity contribution >= 4 is 21.6 Å². The van der Waals surface area contributed by atoms with Crippen molar-refractivity contribution in [3.8, 4) is 0 Å². The molecule has 1 aliphatic carbocycles. The largest absolute Gasteiger partial charge is 0.416 e. The van der Waals surface area contributed by atoms with Crippen molar-refractivity contribution in [3.05, 3.63) is 59.7 Å². The molecule has 0 heterocycles. The first-order valence-electron chi connectivity index (χ1n) is 9.46. The van der Waals surface area contributed by atoms with Crippen LogP contribution in [-0.2, 0) is 16.2 Å². The van der Waals surface area contributed by atoms with Crippen LogP contribution in [0.5, 0.6) is 0 Å². The summed E-state index contributed by atoms with van der Waals surface area (Å²) in [5.41, 5.74) is -0.780. The molecule has 9 heteroatoms. The van der Waals surface area contributed by atoms with Gasteiger partial charge in [-0.2, -0.15) is 13.2 Å². The molecule has 0 N–H and O–H groups in total. The monoisotopic (exact) mass is 440 g/mol. The molecular formula is C21H23F3N2O3S. The van der Waals surface area contributed by atoms with Gasteiger partial charge in [0.15, 0.2) is 0 Å². The highest BCUT2D eigenvalue weighted by atomic mass is 32.2. The van der Waals surface area contributed by atoms with E-state index in [9.17, 15) is 26.4 Å². The number of carbonyl (C=O) groups excluding carboxylic acids is 1. The Hall–Kier alpha value is -2.55. The number of halogens is 3. The molecule has 5 nitrogen and oxygen atoms in total. The first-order chi connectivity index (χ1) is 13.9. The predicted octanol–water partition coefficient (Wildman–Crippen LogP) is 4.40. The Kier molecular flexibility index (Phi) is 5.86. The zero-order chi connectivity index (χ0) is 22.3. The Balaban J connectivity index is 2.11. The van der Waals surface area contributed by atoms with Gasteiger partial charge in [0, 0.05) is 25.7 Å². The third-order valence-electron chi connectivity index (χ3n) is 5.15. The summed E-state index contributed by atoms with van der Waals surface area (Å²) in [6.45, 7) is 1.70. The Bertz CT molecular complexity index is 1050. The van der Waals surface area contributed by atoms with E-state index in [1.165, 1.54) is 41.3 Å². The van der Waals surface area contributed by atoms with Gasteiger partial charge in [-0.3, -0.25) is 9.10 Å². The van der Waals surface area contributed by atoms with Crippen molar-refractivity contribution in [2.75, 3.05) is 18.4 Å². The van der Waals surface area contributed by atoms with Gasteiger partial charge in [0.25, 0.3) is 15.9 Å². The normalized spacial score (nSPS) is 15.5. The number of benzene rings is 2. The van der Waals surface area contributed by atoms with Gasteiger partial charge in [0.2, 0.25) is 0 Å². The van der Waals surface area contributed by atoms with E-state index in [0.29, 0.717) is 0 Å². The minimum absolute atomic E-state index is 0.0476. The molecule has 0 bridgehead atoms. The van der Waals surface area contributed by atoms with Crippen LogP contribution in [0.4, 0.5) is 18.9 Å². The average Bonchev–Trinajstić information content (AvgIpc) is 3.52. The second-order valence-corrected chi connectivity index (χ2v) is 9.47. The maximum absolute atomic E-state index is 13.5. The molecule has 1 aliphatic rings. The van der Waals surface area contributed by atoms with Crippen LogP contribution in [0.3, 0.4) is 0 Å². The van der Waals surface area contributed by atoms with E-state index in [1.807, 2.05) is 0 Å².